The number of hydrogen-bond acceptors (Lipinski definition) is 4. The zero-order valence-electron chi connectivity index (χ0n) is 19.0. The molecule has 1 aliphatic rings. The minimum atomic E-state index is 0.762. The van der Waals surface area contributed by atoms with Crippen LogP contribution in [-0.4, -0.2) is 38.2 Å². The van der Waals surface area contributed by atoms with Gasteiger partial charge in [0.15, 0.2) is 0 Å². The monoisotopic (exact) mass is 430 g/mol. The molecule has 0 amide bonds. The molecule has 0 spiro atoms. The molecule has 1 aliphatic heterocycles. The molecular formula is C28H34N2O2. The first kappa shape index (κ1) is 22.4. The highest BCUT2D eigenvalue weighted by Gasteiger charge is 2.19. The lowest BCUT2D eigenvalue weighted by molar-refractivity contribution is 0.175. The van der Waals surface area contributed by atoms with Crippen molar-refractivity contribution < 1.29 is 9.47 Å². The number of hydrogen-bond donors (Lipinski definition) is 1. The summed E-state index contributed by atoms with van der Waals surface area (Å²) >= 11 is 0. The van der Waals surface area contributed by atoms with E-state index >= 15 is 0 Å². The maximum absolute atomic E-state index is 6.09. The van der Waals surface area contributed by atoms with Crippen LogP contribution in [0.3, 0.4) is 0 Å². The van der Waals surface area contributed by atoms with Gasteiger partial charge in [-0.1, -0.05) is 48.5 Å². The van der Waals surface area contributed by atoms with Crippen molar-refractivity contribution in [2.75, 3.05) is 33.3 Å². The first-order chi connectivity index (χ1) is 15.8. The highest BCUT2D eigenvalue weighted by atomic mass is 16.5. The molecule has 1 N–H and O–H groups in total. The number of benzene rings is 3. The molecule has 0 unspecified atom stereocenters. The van der Waals surface area contributed by atoms with Crippen LogP contribution in [0.2, 0.25) is 0 Å². The van der Waals surface area contributed by atoms with E-state index in [-0.39, 0.29) is 0 Å². The first-order valence-electron chi connectivity index (χ1n) is 11.7. The van der Waals surface area contributed by atoms with Crippen LogP contribution in [0, 0.1) is 5.92 Å². The van der Waals surface area contributed by atoms with Gasteiger partial charge in [0, 0.05) is 6.54 Å². The maximum Gasteiger partial charge on any atom is 0.130 e. The van der Waals surface area contributed by atoms with Gasteiger partial charge in [-0.15, -0.1) is 0 Å². The molecule has 0 atom stereocenters. The van der Waals surface area contributed by atoms with Gasteiger partial charge in [-0.2, -0.15) is 0 Å². The van der Waals surface area contributed by atoms with Crippen molar-refractivity contribution in [1.29, 1.82) is 0 Å². The third-order valence-corrected chi connectivity index (χ3v) is 6.22. The second-order valence-corrected chi connectivity index (χ2v) is 8.54. The number of para-hydroxylation sites is 2. The minimum absolute atomic E-state index is 0.762. The van der Waals surface area contributed by atoms with Gasteiger partial charge in [0.2, 0.25) is 0 Å². The molecule has 4 heteroatoms. The normalized spacial score (nSPS) is 14.9. The molecule has 1 heterocycles. The fourth-order valence-corrected chi connectivity index (χ4v) is 4.29. The lowest BCUT2D eigenvalue weighted by Crippen LogP contribution is -2.37. The molecule has 0 radical (unpaired) electrons. The van der Waals surface area contributed by atoms with Gasteiger partial charge in [-0.05, 0) is 92.8 Å². The molecule has 168 valence electrons. The molecule has 1 fully saturated rings. The summed E-state index contributed by atoms with van der Waals surface area (Å²) in [5.41, 5.74) is 2.61. The van der Waals surface area contributed by atoms with Gasteiger partial charge < -0.3 is 14.8 Å². The van der Waals surface area contributed by atoms with Gasteiger partial charge in [-0.3, -0.25) is 4.90 Å². The van der Waals surface area contributed by atoms with Gasteiger partial charge in [0.25, 0.3) is 0 Å². The smallest absolute Gasteiger partial charge is 0.130 e. The van der Waals surface area contributed by atoms with Crippen LogP contribution in [0.15, 0.2) is 78.9 Å². The molecule has 3 aromatic rings. The van der Waals surface area contributed by atoms with Crippen LogP contribution in [0.5, 0.6) is 17.2 Å². The second kappa shape index (κ2) is 11.7. The lowest BCUT2D eigenvalue weighted by atomic mass is 9.96. The summed E-state index contributed by atoms with van der Waals surface area (Å²) in [6.07, 6.45) is 3.49. The summed E-state index contributed by atoms with van der Waals surface area (Å²) in [4.78, 5) is 2.56. The van der Waals surface area contributed by atoms with E-state index < -0.39 is 0 Å². The van der Waals surface area contributed by atoms with Crippen molar-refractivity contribution in [3.8, 4) is 17.2 Å². The Hall–Kier alpha value is -2.82. The summed E-state index contributed by atoms with van der Waals surface area (Å²) in [5, 5.41) is 3.68. The molecule has 4 rings (SSSR count). The largest absolute Gasteiger partial charge is 0.497 e. The molecule has 0 aliphatic carbocycles. The third kappa shape index (κ3) is 6.59. The van der Waals surface area contributed by atoms with Gasteiger partial charge >= 0.3 is 0 Å². The SMILES string of the molecule is COc1ccc(CN2CCC(CNCCc3ccccc3Oc3ccccc3)CC2)cc1. The minimum Gasteiger partial charge on any atom is -0.497 e. The summed E-state index contributed by atoms with van der Waals surface area (Å²) < 4.78 is 11.3. The third-order valence-electron chi connectivity index (χ3n) is 6.22. The van der Waals surface area contributed by atoms with Crippen molar-refractivity contribution in [3.05, 3.63) is 90.0 Å². The van der Waals surface area contributed by atoms with E-state index in [9.17, 15) is 0 Å². The standard InChI is InChI=1S/C28H34N2O2/c1-31-26-13-11-24(12-14-26)22-30-19-16-23(17-20-30)21-29-18-15-25-7-5-6-10-28(25)32-27-8-3-2-4-9-27/h2-14,23,29H,15-22H2,1H3. The topological polar surface area (TPSA) is 33.7 Å². The van der Waals surface area contributed by atoms with Crippen LogP contribution in [0.1, 0.15) is 24.0 Å². The predicted octanol–water partition coefficient (Wildman–Crippen LogP) is 5.53. The van der Waals surface area contributed by atoms with E-state index in [1.54, 1.807) is 7.11 Å². The number of nitrogens with one attached hydrogen (secondary N) is 1. The van der Waals surface area contributed by atoms with Gasteiger partial charge in [-0.25, -0.2) is 0 Å². The number of methoxy groups -OCH3 is 1. The quantitative estimate of drug-likeness (QED) is 0.429. The number of piperidine rings is 1. The molecule has 0 bridgehead atoms. The second-order valence-electron chi connectivity index (χ2n) is 8.54. The van der Waals surface area contributed by atoms with Crippen molar-refractivity contribution in [2.24, 2.45) is 5.92 Å². The average Bonchev–Trinajstić information content (AvgIpc) is 2.85. The maximum atomic E-state index is 6.09. The molecule has 0 aromatic heterocycles. The van der Waals surface area contributed by atoms with Crippen LogP contribution in [0.25, 0.3) is 0 Å². The van der Waals surface area contributed by atoms with E-state index in [0.717, 1.165) is 49.2 Å². The molecule has 3 aromatic carbocycles. The fraction of sp³-hybridized carbons (Fsp3) is 0.357. The number of nitrogens with zero attached hydrogens (tertiary/aromatic N) is 1. The Morgan fingerprint density at radius 2 is 1.56 bits per heavy atom. The Bertz CT molecular complexity index is 935. The molecule has 0 saturated carbocycles. The van der Waals surface area contributed by atoms with E-state index in [4.69, 9.17) is 9.47 Å². The summed E-state index contributed by atoms with van der Waals surface area (Å²) in [7, 11) is 1.71. The van der Waals surface area contributed by atoms with Gasteiger partial charge in [0.05, 0.1) is 7.11 Å². The zero-order chi connectivity index (χ0) is 22.0. The van der Waals surface area contributed by atoms with Crippen molar-refractivity contribution in [3.63, 3.8) is 0 Å². The van der Waals surface area contributed by atoms with Crippen LogP contribution in [0.4, 0.5) is 0 Å². The highest BCUT2D eigenvalue weighted by molar-refractivity contribution is 5.38. The zero-order valence-corrected chi connectivity index (χ0v) is 19.0. The first-order valence-corrected chi connectivity index (χ1v) is 11.7. The van der Waals surface area contributed by atoms with Crippen molar-refractivity contribution >= 4 is 0 Å². The fourth-order valence-electron chi connectivity index (χ4n) is 4.29. The van der Waals surface area contributed by atoms with Crippen LogP contribution < -0.4 is 14.8 Å². The van der Waals surface area contributed by atoms with Crippen molar-refractivity contribution in [2.45, 2.75) is 25.8 Å². The molecule has 32 heavy (non-hydrogen) atoms. The Morgan fingerprint density at radius 1 is 0.844 bits per heavy atom. The summed E-state index contributed by atoms with van der Waals surface area (Å²) in [6, 6.07) is 26.8. The molecule has 4 nitrogen and oxygen atoms in total. The van der Waals surface area contributed by atoms with Crippen LogP contribution >= 0.6 is 0 Å². The number of likely N-dealkylation sites (tertiary alicyclic amines) is 1. The highest BCUT2D eigenvalue weighted by Crippen LogP contribution is 2.25. The summed E-state index contributed by atoms with van der Waals surface area (Å²) in [6.45, 7) is 5.44. The number of rotatable bonds is 10. The summed E-state index contributed by atoms with van der Waals surface area (Å²) in [5.74, 6) is 3.52. The Morgan fingerprint density at radius 3 is 2.31 bits per heavy atom. The van der Waals surface area contributed by atoms with Gasteiger partial charge in [0.1, 0.15) is 17.2 Å². The van der Waals surface area contributed by atoms with Crippen LogP contribution in [-0.2, 0) is 13.0 Å². The predicted molar refractivity (Wildman–Crippen MR) is 131 cm³/mol. The lowest BCUT2D eigenvalue weighted by Gasteiger charge is -2.32. The molecule has 1 saturated heterocycles. The van der Waals surface area contributed by atoms with E-state index in [0.29, 0.717) is 0 Å². The van der Waals surface area contributed by atoms with E-state index in [1.165, 1.54) is 37.1 Å². The van der Waals surface area contributed by atoms with E-state index in [1.807, 2.05) is 36.4 Å². The Labute approximate surface area is 192 Å². The van der Waals surface area contributed by atoms with Crippen molar-refractivity contribution in [1.82, 2.24) is 10.2 Å². The Kier molecular flexibility index (Phi) is 8.18. The molecular weight excluding hydrogens is 396 g/mol. The van der Waals surface area contributed by atoms with E-state index in [2.05, 4.69) is 52.7 Å². The Balaban J connectivity index is 1.16. The number of ether oxygens (including phenoxy) is 2. The average molecular weight is 431 g/mol.